The lowest BCUT2D eigenvalue weighted by Crippen LogP contribution is -2.47. The average molecular weight is 331 g/mol. The zero-order valence-corrected chi connectivity index (χ0v) is 12.5. The number of hydrogen-bond donors (Lipinski definition) is 1. The summed E-state index contributed by atoms with van der Waals surface area (Å²) in [6.45, 7) is 3.29. The lowest BCUT2D eigenvalue weighted by Gasteiger charge is -2.31. The zero-order valence-electron chi connectivity index (χ0n) is 10.9. The molecule has 1 rings (SSSR count). The van der Waals surface area contributed by atoms with Gasteiger partial charge < -0.3 is 5.11 Å². The van der Waals surface area contributed by atoms with Crippen molar-refractivity contribution in [2.75, 3.05) is 7.05 Å². The van der Waals surface area contributed by atoms with Crippen LogP contribution in [0.4, 0.5) is 5.69 Å². The van der Waals surface area contributed by atoms with E-state index in [9.17, 15) is 14.9 Å². The van der Waals surface area contributed by atoms with Crippen LogP contribution in [-0.2, 0) is 11.3 Å². The van der Waals surface area contributed by atoms with Crippen molar-refractivity contribution in [1.82, 2.24) is 4.90 Å². The van der Waals surface area contributed by atoms with Crippen molar-refractivity contribution < 1.29 is 14.8 Å². The molecular weight excluding hydrogens is 316 g/mol. The normalized spacial score (nSPS) is 11.6. The van der Waals surface area contributed by atoms with Gasteiger partial charge in [-0.05, 0) is 33.0 Å². The maximum Gasteiger partial charge on any atom is 0.323 e. The number of carbonyl (C=O) groups is 1. The molecule has 0 unspecified atom stereocenters. The molecular formula is C12H15BrN2O4. The second-order valence-corrected chi connectivity index (χ2v) is 5.67. The largest absolute Gasteiger partial charge is 0.480 e. The first kappa shape index (κ1) is 15.6. The molecule has 1 N–H and O–H groups in total. The van der Waals surface area contributed by atoms with Gasteiger partial charge in [0.2, 0.25) is 0 Å². The number of nitrogens with zero attached hydrogens (tertiary/aromatic N) is 2. The average Bonchev–Trinajstić information content (AvgIpc) is 2.30. The molecule has 0 aliphatic heterocycles. The molecule has 0 aliphatic rings. The van der Waals surface area contributed by atoms with E-state index >= 15 is 0 Å². The Kier molecular flexibility index (Phi) is 4.65. The summed E-state index contributed by atoms with van der Waals surface area (Å²) >= 11 is 3.18. The molecule has 0 spiro atoms. The van der Waals surface area contributed by atoms with Crippen molar-refractivity contribution in [3.05, 3.63) is 38.3 Å². The second kappa shape index (κ2) is 5.66. The maximum atomic E-state index is 11.1. The number of likely N-dealkylation sites (N-methyl/N-ethyl adjacent to an activating group) is 1. The molecule has 0 fully saturated rings. The number of nitro groups is 1. The van der Waals surface area contributed by atoms with Crippen LogP contribution in [0.1, 0.15) is 19.4 Å². The Hall–Kier alpha value is -1.47. The van der Waals surface area contributed by atoms with Gasteiger partial charge in [-0.15, -0.1) is 0 Å². The number of benzene rings is 1. The fourth-order valence-electron chi connectivity index (χ4n) is 1.46. The standard InChI is InChI=1S/C12H15BrN2O4/c1-12(2,11(16)17)14(3)7-8-4-5-9(13)6-10(8)15(18)19/h4-6H,7H2,1-3H3,(H,16,17). The number of aliphatic carboxylic acids is 1. The van der Waals surface area contributed by atoms with Gasteiger partial charge in [0.1, 0.15) is 5.54 Å². The minimum atomic E-state index is -1.10. The van der Waals surface area contributed by atoms with Gasteiger partial charge in [0.15, 0.2) is 0 Å². The van der Waals surface area contributed by atoms with Gasteiger partial charge in [0.25, 0.3) is 5.69 Å². The second-order valence-electron chi connectivity index (χ2n) is 4.75. The zero-order chi connectivity index (χ0) is 14.8. The van der Waals surface area contributed by atoms with Crippen molar-refractivity contribution in [3.8, 4) is 0 Å². The minimum absolute atomic E-state index is 0.0255. The number of carboxylic acid groups (broad SMARTS) is 1. The molecule has 0 atom stereocenters. The summed E-state index contributed by atoms with van der Waals surface area (Å²) in [5, 5.41) is 20.1. The Balaban J connectivity index is 3.06. The molecule has 6 nitrogen and oxygen atoms in total. The van der Waals surface area contributed by atoms with E-state index in [1.807, 2.05) is 0 Å². The molecule has 0 aliphatic carbocycles. The first-order chi connectivity index (χ1) is 8.66. The SMILES string of the molecule is CN(Cc1ccc(Br)cc1[N+](=O)[O-])C(C)(C)C(=O)O. The number of carboxylic acids is 1. The number of nitro benzene ring substituents is 1. The predicted molar refractivity (Wildman–Crippen MR) is 74.0 cm³/mol. The molecule has 0 saturated carbocycles. The van der Waals surface area contributed by atoms with Crippen molar-refractivity contribution in [2.24, 2.45) is 0 Å². The van der Waals surface area contributed by atoms with E-state index < -0.39 is 16.4 Å². The molecule has 19 heavy (non-hydrogen) atoms. The van der Waals surface area contributed by atoms with Gasteiger partial charge in [0, 0.05) is 22.6 Å². The Morgan fingerprint density at radius 3 is 2.58 bits per heavy atom. The summed E-state index contributed by atoms with van der Waals surface area (Å²) < 4.78 is 0.614. The van der Waals surface area contributed by atoms with E-state index in [0.717, 1.165) is 0 Å². The molecule has 1 aromatic rings. The van der Waals surface area contributed by atoms with E-state index in [1.54, 1.807) is 37.9 Å². The Morgan fingerprint density at radius 2 is 2.11 bits per heavy atom. The lowest BCUT2D eigenvalue weighted by molar-refractivity contribution is -0.385. The highest BCUT2D eigenvalue weighted by Crippen LogP contribution is 2.26. The molecule has 0 saturated heterocycles. The molecule has 0 heterocycles. The van der Waals surface area contributed by atoms with E-state index in [1.165, 1.54) is 6.07 Å². The van der Waals surface area contributed by atoms with Crippen molar-refractivity contribution in [1.29, 1.82) is 0 Å². The molecule has 0 aromatic heterocycles. The Morgan fingerprint density at radius 1 is 1.53 bits per heavy atom. The molecule has 0 radical (unpaired) electrons. The molecule has 1 aromatic carbocycles. The highest BCUT2D eigenvalue weighted by atomic mass is 79.9. The van der Waals surface area contributed by atoms with Crippen LogP contribution in [0, 0.1) is 10.1 Å². The van der Waals surface area contributed by atoms with Crippen molar-refractivity contribution in [2.45, 2.75) is 25.9 Å². The highest BCUT2D eigenvalue weighted by molar-refractivity contribution is 9.10. The predicted octanol–water partition coefficient (Wildman–Crippen LogP) is 2.65. The third-order valence-electron chi connectivity index (χ3n) is 3.13. The third-order valence-corrected chi connectivity index (χ3v) is 3.62. The quantitative estimate of drug-likeness (QED) is 0.662. The van der Waals surface area contributed by atoms with Gasteiger partial charge in [-0.3, -0.25) is 19.8 Å². The van der Waals surface area contributed by atoms with Crippen LogP contribution in [-0.4, -0.2) is 33.5 Å². The van der Waals surface area contributed by atoms with Gasteiger partial charge in [-0.25, -0.2) is 0 Å². The maximum absolute atomic E-state index is 11.1. The molecule has 0 bridgehead atoms. The third kappa shape index (κ3) is 3.51. The van der Waals surface area contributed by atoms with Crippen LogP contribution >= 0.6 is 15.9 Å². The summed E-state index contributed by atoms with van der Waals surface area (Å²) in [6, 6.07) is 4.73. The van der Waals surface area contributed by atoms with Crippen LogP contribution in [0.3, 0.4) is 0 Å². The summed E-state index contributed by atoms with van der Waals surface area (Å²) in [4.78, 5) is 23.2. The summed E-state index contributed by atoms with van der Waals surface area (Å²) in [6.07, 6.45) is 0. The molecule has 104 valence electrons. The summed E-state index contributed by atoms with van der Waals surface area (Å²) in [5.41, 5.74) is -0.645. The van der Waals surface area contributed by atoms with Gasteiger partial charge in [-0.1, -0.05) is 15.9 Å². The van der Waals surface area contributed by atoms with Crippen molar-refractivity contribution in [3.63, 3.8) is 0 Å². The number of rotatable bonds is 5. The summed E-state index contributed by atoms with van der Waals surface area (Å²) in [7, 11) is 1.62. The minimum Gasteiger partial charge on any atom is -0.480 e. The molecule has 7 heteroatoms. The van der Waals surface area contributed by atoms with Crippen LogP contribution < -0.4 is 0 Å². The van der Waals surface area contributed by atoms with Crippen molar-refractivity contribution >= 4 is 27.6 Å². The summed E-state index contributed by atoms with van der Waals surface area (Å²) in [5.74, 6) is -0.977. The van der Waals surface area contributed by atoms with E-state index in [4.69, 9.17) is 5.11 Å². The number of halogens is 1. The van der Waals surface area contributed by atoms with Crippen LogP contribution in [0.15, 0.2) is 22.7 Å². The van der Waals surface area contributed by atoms with Gasteiger partial charge in [0.05, 0.1) is 4.92 Å². The number of hydrogen-bond acceptors (Lipinski definition) is 4. The van der Waals surface area contributed by atoms with Crippen LogP contribution in [0.2, 0.25) is 0 Å². The van der Waals surface area contributed by atoms with E-state index in [0.29, 0.717) is 10.0 Å². The topological polar surface area (TPSA) is 83.7 Å². The van der Waals surface area contributed by atoms with Gasteiger partial charge in [-0.2, -0.15) is 0 Å². The van der Waals surface area contributed by atoms with Crippen LogP contribution in [0.5, 0.6) is 0 Å². The Labute approximate surface area is 119 Å². The Bertz CT molecular complexity index is 516. The first-order valence-electron chi connectivity index (χ1n) is 5.53. The monoisotopic (exact) mass is 330 g/mol. The van der Waals surface area contributed by atoms with Gasteiger partial charge >= 0.3 is 5.97 Å². The highest BCUT2D eigenvalue weighted by Gasteiger charge is 2.33. The van der Waals surface area contributed by atoms with Crippen LogP contribution in [0.25, 0.3) is 0 Å². The fourth-order valence-corrected chi connectivity index (χ4v) is 1.81. The van der Waals surface area contributed by atoms with E-state index in [-0.39, 0.29) is 12.2 Å². The fraction of sp³-hybridized carbons (Fsp3) is 0.417. The molecule has 0 amide bonds. The smallest absolute Gasteiger partial charge is 0.323 e. The lowest BCUT2D eigenvalue weighted by atomic mass is 10.0. The first-order valence-corrected chi connectivity index (χ1v) is 6.33. The van der Waals surface area contributed by atoms with E-state index in [2.05, 4.69) is 15.9 Å².